The van der Waals surface area contributed by atoms with E-state index in [0.717, 1.165) is 11.3 Å². The number of carbonyl (C=O) groups excluding carboxylic acids is 1. The number of carbonyl (C=O) groups is 1. The van der Waals surface area contributed by atoms with Gasteiger partial charge in [-0.2, -0.15) is 5.10 Å². The summed E-state index contributed by atoms with van der Waals surface area (Å²) in [5.74, 6) is -1.03. The van der Waals surface area contributed by atoms with Crippen molar-refractivity contribution in [3.05, 3.63) is 39.9 Å². The number of hydrogen-bond acceptors (Lipinski definition) is 7. The normalized spacial score (nSPS) is 18.9. The number of para-hydroxylation sites is 1. The van der Waals surface area contributed by atoms with Gasteiger partial charge in [-0.15, -0.1) is 0 Å². The second-order valence-electron chi connectivity index (χ2n) is 5.95. The number of aryl methyl sites for hydroxylation is 1. The van der Waals surface area contributed by atoms with E-state index in [9.17, 15) is 13.2 Å². The van der Waals surface area contributed by atoms with Gasteiger partial charge >= 0.3 is 0 Å². The smallest absolute Gasteiger partial charge is 0.244 e. The van der Waals surface area contributed by atoms with Gasteiger partial charge < -0.3 is 5.32 Å². The van der Waals surface area contributed by atoms with Gasteiger partial charge in [0.25, 0.3) is 0 Å². The highest BCUT2D eigenvalue weighted by Gasteiger charge is 2.32. The van der Waals surface area contributed by atoms with Gasteiger partial charge in [-0.3, -0.25) is 4.79 Å². The van der Waals surface area contributed by atoms with Gasteiger partial charge in [0.2, 0.25) is 5.91 Å². The molecule has 2 heterocycles. The lowest BCUT2D eigenvalue weighted by molar-refractivity contribution is -0.124. The minimum absolute atomic E-state index is 0.0450. The van der Waals surface area contributed by atoms with Crippen LogP contribution in [0.1, 0.15) is 16.9 Å². The van der Waals surface area contributed by atoms with Gasteiger partial charge in [-0.1, -0.05) is 41.1 Å². The lowest BCUT2D eigenvalue weighted by Crippen LogP contribution is -2.27. The van der Waals surface area contributed by atoms with Crippen molar-refractivity contribution < 1.29 is 13.2 Å². The Kier molecular flexibility index (Phi) is 5.59. The van der Waals surface area contributed by atoms with Crippen molar-refractivity contribution in [3.8, 4) is 0 Å². The van der Waals surface area contributed by atoms with Gasteiger partial charge in [0, 0.05) is 5.69 Å². The number of thiazole rings is 1. The van der Waals surface area contributed by atoms with Crippen molar-refractivity contribution in [1.29, 1.82) is 0 Å². The topological polar surface area (TPSA) is 101 Å². The number of amides is 1. The minimum Gasteiger partial charge on any atom is -0.331 e. The first-order chi connectivity index (χ1) is 12.3. The quantitative estimate of drug-likeness (QED) is 0.580. The molecule has 10 heteroatoms. The summed E-state index contributed by atoms with van der Waals surface area (Å²) < 4.78 is 22.8. The van der Waals surface area contributed by atoms with Gasteiger partial charge in [-0.25, -0.2) is 18.8 Å². The van der Waals surface area contributed by atoms with Crippen LogP contribution < -0.4 is 10.7 Å². The van der Waals surface area contributed by atoms with Crippen LogP contribution in [0.3, 0.4) is 0 Å². The molecule has 0 radical (unpaired) electrons. The zero-order valence-electron chi connectivity index (χ0n) is 13.9. The second-order valence-corrected chi connectivity index (χ2v) is 9.57. The molecule has 2 N–H and O–H groups in total. The van der Waals surface area contributed by atoms with Crippen LogP contribution in [0.15, 0.2) is 29.4 Å². The average Bonchev–Trinajstić information content (AvgIpc) is 3.12. The predicted octanol–water partition coefficient (Wildman–Crippen LogP) is 2.73. The molecule has 7 nitrogen and oxygen atoms in total. The van der Waals surface area contributed by atoms with Crippen molar-refractivity contribution in [2.45, 2.75) is 13.3 Å². The van der Waals surface area contributed by atoms with Crippen LogP contribution in [0.4, 0.5) is 10.8 Å². The van der Waals surface area contributed by atoms with Crippen molar-refractivity contribution >= 4 is 55.7 Å². The second kappa shape index (κ2) is 7.73. The molecule has 138 valence electrons. The number of nitrogens with zero attached hydrogens (tertiary/aromatic N) is 2. The number of anilines is 2. The molecule has 1 aromatic carbocycles. The van der Waals surface area contributed by atoms with E-state index in [4.69, 9.17) is 11.6 Å². The Hall–Kier alpha value is -1.97. The first-order valence-electron chi connectivity index (χ1n) is 7.86. The van der Waals surface area contributed by atoms with E-state index in [-0.39, 0.29) is 16.7 Å². The van der Waals surface area contributed by atoms with Gasteiger partial charge in [0.1, 0.15) is 0 Å². The van der Waals surface area contributed by atoms with Crippen molar-refractivity contribution in [3.63, 3.8) is 0 Å². The van der Waals surface area contributed by atoms with Crippen molar-refractivity contribution in [1.82, 2.24) is 10.4 Å². The maximum atomic E-state index is 11.9. The molecular formula is C16H17ClN4O3S2. The molecule has 3 rings (SSSR count). The Bertz CT molecular complexity index is 956. The highest BCUT2D eigenvalue weighted by atomic mass is 35.5. The van der Waals surface area contributed by atoms with Crippen LogP contribution in [0, 0.1) is 12.8 Å². The van der Waals surface area contributed by atoms with Crippen LogP contribution in [0.25, 0.3) is 0 Å². The molecule has 1 saturated heterocycles. The summed E-state index contributed by atoms with van der Waals surface area (Å²) in [5.41, 5.74) is 4.38. The molecule has 2 aromatic rings. The van der Waals surface area contributed by atoms with Crippen molar-refractivity contribution in [2.24, 2.45) is 11.0 Å². The lowest BCUT2D eigenvalue weighted by Gasteiger charge is -2.05. The van der Waals surface area contributed by atoms with Gasteiger partial charge in [-0.05, 0) is 25.0 Å². The Morgan fingerprint density at radius 2 is 2.19 bits per heavy atom. The SMILES string of the molecule is Cc1ccccc1Nc1nc(Cl)c(/C=N/NC(=O)[C@@H]2CCS(=O)(=O)C2)s1. The Morgan fingerprint density at radius 3 is 2.88 bits per heavy atom. The molecule has 0 bridgehead atoms. The van der Waals surface area contributed by atoms with Crippen LogP contribution in [-0.2, 0) is 14.6 Å². The van der Waals surface area contributed by atoms with Crippen LogP contribution in [-0.4, -0.2) is 37.0 Å². The van der Waals surface area contributed by atoms with Gasteiger partial charge in [0.15, 0.2) is 20.1 Å². The zero-order chi connectivity index (χ0) is 18.7. The largest absolute Gasteiger partial charge is 0.331 e. The third-order valence-electron chi connectivity index (χ3n) is 3.96. The summed E-state index contributed by atoms with van der Waals surface area (Å²) in [7, 11) is -3.10. The molecule has 1 atom stereocenters. The molecule has 1 aromatic heterocycles. The third-order valence-corrected chi connectivity index (χ3v) is 7.03. The molecule has 0 saturated carbocycles. The Morgan fingerprint density at radius 1 is 1.42 bits per heavy atom. The maximum absolute atomic E-state index is 11.9. The van der Waals surface area contributed by atoms with E-state index in [0.29, 0.717) is 16.4 Å². The number of hydrazone groups is 1. The molecule has 1 amide bonds. The molecule has 0 unspecified atom stereocenters. The number of aromatic nitrogens is 1. The molecule has 1 aliphatic rings. The molecule has 1 aliphatic heterocycles. The first kappa shape index (κ1) is 18.8. The number of rotatable bonds is 5. The fourth-order valence-corrected chi connectivity index (χ4v) is 5.30. The summed E-state index contributed by atoms with van der Waals surface area (Å²) in [4.78, 5) is 16.8. The van der Waals surface area contributed by atoms with E-state index in [1.165, 1.54) is 17.6 Å². The number of benzene rings is 1. The molecule has 0 aliphatic carbocycles. The molecule has 1 fully saturated rings. The monoisotopic (exact) mass is 412 g/mol. The van der Waals surface area contributed by atoms with E-state index in [2.05, 4.69) is 20.8 Å². The standard InChI is InChI=1S/C16H17ClN4O3S2/c1-10-4-2-3-5-12(10)19-16-20-14(17)13(25-16)8-18-21-15(22)11-6-7-26(23,24)9-11/h2-5,8,11H,6-7,9H2,1H3,(H,19,20)(H,21,22)/b18-8+/t11-/m1/s1. The summed E-state index contributed by atoms with van der Waals surface area (Å²) in [6.45, 7) is 1.98. The average molecular weight is 413 g/mol. The Labute approximate surface area is 160 Å². The summed E-state index contributed by atoms with van der Waals surface area (Å²) >= 11 is 7.40. The highest BCUT2D eigenvalue weighted by Crippen LogP contribution is 2.29. The summed E-state index contributed by atoms with van der Waals surface area (Å²) in [6.07, 6.45) is 1.74. The zero-order valence-corrected chi connectivity index (χ0v) is 16.3. The number of hydrogen-bond donors (Lipinski definition) is 2. The molecule has 26 heavy (non-hydrogen) atoms. The molecular weight excluding hydrogens is 396 g/mol. The van der Waals surface area contributed by atoms with Crippen molar-refractivity contribution in [2.75, 3.05) is 16.8 Å². The Balaban J connectivity index is 1.62. The first-order valence-corrected chi connectivity index (χ1v) is 10.9. The van der Waals surface area contributed by atoms with E-state index >= 15 is 0 Å². The third kappa shape index (κ3) is 4.60. The van der Waals surface area contributed by atoms with Crippen LogP contribution in [0.5, 0.6) is 0 Å². The van der Waals surface area contributed by atoms with Crippen LogP contribution >= 0.6 is 22.9 Å². The number of halogens is 1. The fraction of sp³-hybridized carbons (Fsp3) is 0.312. The van der Waals surface area contributed by atoms with E-state index in [1.807, 2.05) is 31.2 Å². The highest BCUT2D eigenvalue weighted by molar-refractivity contribution is 7.91. The van der Waals surface area contributed by atoms with E-state index < -0.39 is 21.7 Å². The maximum Gasteiger partial charge on any atom is 0.244 e. The summed E-state index contributed by atoms with van der Waals surface area (Å²) in [6, 6.07) is 7.80. The lowest BCUT2D eigenvalue weighted by atomic mass is 10.1. The molecule has 0 spiro atoms. The summed E-state index contributed by atoms with van der Waals surface area (Å²) in [5, 5.41) is 7.95. The number of nitrogens with one attached hydrogen (secondary N) is 2. The minimum atomic E-state index is -3.10. The van der Waals surface area contributed by atoms with Crippen LogP contribution in [0.2, 0.25) is 5.15 Å². The predicted molar refractivity (Wildman–Crippen MR) is 104 cm³/mol. The van der Waals surface area contributed by atoms with Gasteiger partial charge in [0.05, 0.1) is 28.5 Å². The number of sulfone groups is 1. The fourth-order valence-electron chi connectivity index (χ4n) is 2.52. The van der Waals surface area contributed by atoms with E-state index in [1.54, 1.807) is 0 Å².